The standard InChI is InChI=1S/C25H32FN5O4S/c1-25(2,33)15-34-21-11-17(30-18-12-29-31(14-18)10-9-26)5-8-20(21)22-13-28-23(36-22)16-3-6-19(7-4-16)35-24(27)32/h5,8,11-14,16,19,30,33H,3-4,6-7,9-10,15H2,1-2H3,(H2,27,32). The molecule has 1 aliphatic carbocycles. The molecule has 4 rings (SSSR count). The van der Waals surface area contributed by atoms with Gasteiger partial charge in [-0.1, -0.05) is 0 Å². The smallest absolute Gasteiger partial charge is 0.404 e. The first-order chi connectivity index (χ1) is 17.2. The lowest BCUT2D eigenvalue weighted by Gasteiger charge is -2.26. The summed E-state index contributed by atoms with van der Waals surface area (Å²) in [6.07, 6.45) is 7.69. The fourth-order valence-electron chi connectivity index (χ4n) is 4.17. The summed E-state index contributed by atoms with van der Waals surface area (Å²) >= 11 is 1.62. The molecule has 0 aliphatic heterocycles. The number of amides is 1. The molecule has 1 fully saturated rings. The fourth-order valence-corrected chi connectivity index (χ4v) is 5.29. The third-order valence-electron chi connectivity index (χ3n) is 5.89. The van der Waals surface area contributed by atoms with E-state index in [1.165, 1.54) is 4.68 Å². The molecule has 1 aromatic carbocycles. The van der Waals surface area contributed by atoms with Crippen LogP contribution in [0, 0.1) is 0 Å². The molecule has 0 spiro atoms. The van der Waals surface area contributed by atoms with E-state index in [-0.39, 0.29) is 19.3 Å². The van der Waals surface area contributed by atoms with E-state index in [0.717, 1.165) is 52.5 Å². The summed E-state index contributed by atoms with van der Waals surface area (Å²) in [6.45, 7) is 3.22. The number of hydrogen-bond acceptors (Lipinski definition) is 8. The number of aliphatic hydroxyl groups is 1. The largest absolute Gasteiger partial charge is 0.490 e. The van der Waals surface area contributed by atoms with Crippen molar-refractivity contribution in [1.29, 1.82) is 0 Å². The number of thiazole rings is 1. The van der Waals surface area contributed by atoms with Crippen LogP contribution in [0.1, 0.15) is 50.5 Å². The van der Waals surface area contributed by atoms with Crippen LogP contribution < -0.4 is 15.8 Å². The number of nitrogens with two attached hydrogens (primary N) is 1. The Balaban J connectivity index is 1.52. The van der Waals surface area contributed by atoms with Gasteiger partial charge in [-0.25, -0.2) is 14.2 Å². The van der Waals surface area contributed by atoms with Crippen LogP contribution in [0.2, 0.25) is 0 Å². The number of alkyl halides is 1. The summed E-state index contributed by atoms with van der Waals surface area (Å²) < 4.78 is 25.3. The lowest BCUT2D eigenvalue weighted by Crippen LogP contribution is -2.28. The second kappa shape index (κ2) is 11.3. The van der Waals surface area contributed by atoms with Crippen molar-refractivity contribution in [2.24, 2.45) is 5.73 Å². The zero-order valence-corrected chi connectivity index (χ0v) is 21.3. The van der Waals surface area contributed by atoms with Gasteiger partial charge in [0.25, 0.3) is 0 Å². The maximum absolute atomic E-state index is 12.6. The monoisotopic (exact) mass is 517 g/mol. The van der Waals surface area contributed by atoms with Crippen LogP contribution in [-0.4, -0.2) is 51.0 Å². The number of nitrogens with zero attached hydrogens (tertiary/aromatic N) is 3. The van der Waals surface area contributed by atoms with Gasteiger partial charge in [-0.3, -0.25) is 4.68 Å². The highest BCUT2D eigenvalue weighted by atomic mass is 32.1. The van der Waals surface area contributed by atoms with Crippen molar-refractivity contribution >= 4 is 28.8 Å². The normalized spacial score (nSPS) is 18.1. The second-order valence-electron chi connectivity index (χ2n) is 9.59. The number of aryl methyl sites for hydroxylation is 1. The van der Waals surface area contributed by atoms with E-state index in [1.807, 2.05) is 24.4 Å². The predicted molar refractivity (Wildman–Crippen MR) is 136 cm³/mol. The van der Waals surface area contributed by atoms with Gasteiger partial charge < -0.3 is 25.6 Å². The highest BCUT2D eigenvalue weighted by molar-refractivity contribution is 7.15. The van der Waals surface area contributed by atoms with Gasteiger partial charge in [0.1, 0.15) is 25.1 Å². The third-order valence-corrected chi connectivity index (χ3v) is 7.09. The van der Waals surface area contributed by atoms with Crippen molar-refractivity contribution < 1.29 is 23.8 Å². The number of primary amides is 1. The van der Waals surface area contributed by atoms with Gasteiger partial charge >= 0.3 is 6.09 Å². The van der Waals surface area contributed by atoms with Gasteiger partial charge in [-0.2, -0.15) is 5.10 Å². The SMILES string of the molecule is CC(C)(O)COc1cc(Nc2cnn(CCF)c2)ccc1-c1cnc(C2CCC(OC(N)=O)CC2)s1. The Morgan fingerprint density at radius 3 is 2.75 bits per heavy atom. The van der Waals surface area contributed by atoms with Gasteiger partial charge in [0.05, 0.1) is 33.9 Å². The van der Waals surface area contributed by atoms with Crippen LogP contribution in [0.4, 0.5) is 20.6 Å². The van der Waals surface area contributed by atoms with Gasteiger partial charge in [0, 0.05) is 35.6 Å². The summed E-state index contributed by atoms with van der Waals surface area (Å²) in [5.41, 5.74) is 6.54. The number of rotatable bonds is 10. The molecule has 11 heteroatoms. The number of benzene rings is 1. The number of carbonyl (C=O) groups is 1. The Hall–Kier alpha value is -3.18. The van der Waals surface area contributed by atoms with Gasteiger partial charge in [0.15, 0.2) is 0 Å². The summed E-state index contributed by atoms with van der Waals surface area (Å²) in [5.74, 6) is 0.922. The molecular weight excluding hydrogens is 485 g/mol. The van der Waals surface area contributed by atoms with Crippen LogP contribution in [0.25, 0.3) is 10.4 Å². The summed E-state index contributed by atoms with van der Waals surface area (Å²) in [6, 6.07) is 5.77. The van der Waals surface area contributed by atoms with Crippen molar-refractivity contribution in [3.8, 4) is 16.2 Å². The minimum Gasteiger partial charge on any atom is -0.490 e. The second-order valence-corrected chi connectivity index (χ2v) is 10.7. The van der Waals surface area contributed by atoms with Gasteiger partial charge in [-0.15, -0.1) is 11.3 Å². The molecular formula is C25H32FN5O4S. The minimum absolute atomic E-state index is 0.118. The summed E-state index contributed by atoms with van der Waals surface area (Å²) in [7, 11) is 0. The highest BCUT2D eigenvalue weighted by Crippen LogP contribution is 2.41. The van der Waals surface area contributed by atoms with E-state index in [2.05, 4.69) is 15.4 Å². The lowest BCUT2D eigenvalue weighted by molar-refractivity contribution is 0.0287. The molecule has 3 aromatic rings. The number of nitrogens with one attached hydrogen (secondary N) is 1. The van der Waals surface area contributed by atoms with Crippen LogP contribution in [0.15, 0.2) is 36.8 Å². The molecule has 0 unspecified atom stereocenters. The Morgan fingerprint density at radius 2 is 2.06 bits per heavy atom. The molecule has 4 N–H and O–H groups in total. The van der Waals surface area contributed by atoms with E-state index in [4.69, 9.17) is 15.2 Å². The van der Waals surface area contributed by atoms with E-state index in [9.17, 15) is 14.3 Å². The molecule has 1 saturated carbocycles. The Bertz CT molecular complexity index is 1170. The quantitative estimate of drug-likeness (QED) is 0.346. The first-order valence-corrected chi connectivity index (χ1v) is 12.8. The Labute approximate surface area is 213 Å². The molecule has 0 bridgehead atoms. The Kier molecular flexibility index (Phi) is 8.10. The molecule has 9 nitrogen and oxygen atoms in total. The van der Waals surface area contributed by atoms with Crippen molar-refractivity contribution in [2.45, 2.75) is 63.7 Å². The van der Waals surface area contributed by atoms with E-state index < -0.39 is 18.4 Å². The van der Waals surface area contributed by atoms with Crippen LogP contribution in [0.3, 0.4) is 0 Å². The van der Waals surface area contributed by atoms with Crippen LogP contribution in [-0.2, 0) is 11.3 Å². The van der Waals surface area contributed by atoms with Crippen molar-refractivity contribution in [3.63, 3.8) is 0 Å². The number of aromatic nitrogens is 3. The molecule has 1 amide bonds. The van der Waals surface area contributed by atoms with Gasteiger partial charge in [0.2, 0.25) is 0 Å². The fraction of sp³-hybridized carbons (Fsp3) is 0.480. The Morgan fingerprint density at radius 1 is 1.28 bits per heavy atom. The first-order valence-electron chi connectivity index (χ1n) is 12.0. The zero-order valence-electron chi connectivity index (χ0n) is 20.4. The molecule has 194 valence electrons. The summed E-state index contributed by atoms with van der Waals surface area (Å²) in [4.78, 5) is 16.7. The number of hydrogen-bond donors (Lipinski definition) is 3. The molecule has 1 aliphatic rings. The highest BCUT2D eigenvalue weighted by Gasteiger charge is 2.27. The molecule has 0 saturated heterocycles. The first kappa shape index (κ1) is 25.9. The molecule has 0 radical (unpaired) electrons. The molecule has 36 heavy (non-hydrogen) atoms. The van der Waals surface area contributed by atoms with Crippen LogP contribution in [0.5, 0.6) is 5.75 Å². The molecule has 2 heterocycles. The van der Waals surface area contributed by atoms with E-state index >= 15 is 0 Å². The van der Waals surface area contributed by atoms with Gasteiger partial charge in [-0.05, 0) is 51.7 Å². The summed E-state index contributed by atoms with van der Waals surface area (Å²) in [5, 5.41) is 18.7. The maximum atomic E-state index is 12.6. The number of carbonyl (C=O) groups excluding carboxylic acids is 1. The van der Waals surface area contributed by atoms with Crippen molar-refractivity contribution in [3.05, 3.63) is 41.8 Å². The lowest BCUT2D eigenvalue weighted by atomic mass is 9.88. The predicted octanol–water partition coefficient (Wildman–Crippen LogP) is 4.99. The minimum atomic E-state index is -1.00. The number of halogens is 1. The van der Waals surface area contributed by atoms with Crippen LogP contribution >= 0.6 is 11.3 Å². The average Bonchev–Trinajstić information content (AvgIpc) is 3.48. The van der Waals surface area contributed by atoms with E-state index in [1.54, 1.807) is 37.6 Å². The number of ether oxygens (including phenoxy) is 2. The average molecular weight is 518 g/mol. The topological polar surface area (TPSA) is 125 Å². The molecule has 0 atom stereocenters. The molecule has 2 aromatic heterocycles. The third kappa shape index (κ3) is 6.94. The maximum Gasteiger partial charge on any atom is 0.404 e. The van der Waals surface area contributed by atoms with Crippen molar-refractivity contribution in [2.75, 3.05) is 18.6 Å². The van der Waals surface area contributed by atoms with E-state index in [0.29, 0.717) is 11.7 Å². The zero-order chi connectivity index (χ0) is 25.7. The van der Waals surface area contributed by atoms with Crippen molar-refractivity contribution in [1.82, 2.24) is 14.8 Å². The number of anilines is 2.